The van der Waals surface area contributed by atoms with Gasteiger partial charge in [-0.15, -0.1) is 0 Å². The zero-order chi connectivity index (χ0) is 11.1. The summed E-state index contributed by atoms with van der Waals surface area (Å²) in [6, 6.07) is 0. The van der Waals surface area contributed by atoms with Crippen molar-refractivity contribution in [2.75, 3.05) is 0 Å². The topological polar surface area (TPSA) is 98.0 Å². The van der Waals surface area contributed by atoms with Crippen LogP contribution >= 0.6 is 0 Å². The largest absolute Gasteiger partial charge is 0.510 e. The van der Waals surface area contributed by atoms with Crippen LogP contribution in [0, 0.1) is 0 Å². The van der Waals surface area contributed by atoms with E-state index in [2.05, 4.69) is 0 Å². The van der Waals surface area contributed by atoms with Gasteiger partial charge in [0.15, 0.2) is 6.29 Å². The molecule has 0 bridgehead atoms. The molecule has 0 aromatic carbocycles. The predicted molar refractivity (Wildman–Crippen MR) is 45.1 cm³/mol. The maximum Gasteiger partial charge on any atom is 0.151 e. The van der Waals surface area contributed by atoms with E-state index in [0.29, 0.717) is 0 Å². The first kappa shape index (κ1) is 10.2. The van der Waals surface area contributed by atoms with Crippen LogP contribution in [0.25, 0.3) is 0 Å². The summed E-state index contributed by atoms with van der Waals surface area (Å²) in [6.45, 7) is 0.0309. The van der Waals surface area contributed by atoms with Crippen LogP contribution in [-0.2, 0) is 4.79 Å². The maximum absolute atomic E-state index is 10.0. The molecule has 0 aliphatic carbocycles. The van der Waals surface area contributed by atoms with Crippen molar-refractivity contribution in [1.82, 2.24) is 0 Å². The third-order valence-corrected chi connectivity index (χ3v) is 1.47. The lowest BCUT2D eigenvalue weighted by atomic mass is 10.1. The fraction of sp³-hybridized carbons (Fsp3) is 0.625. The lowest BCUT2D eigenvalue weighted by Crippen LogP contribution is -2.39. The first-order valence-corrected chi connectivity index (χ1v) is 3.72. The number of aldehydes is 1. The number of rotatable bonds is 5. The van der Waals surface area contributed by atoms with Crippen LogP contribution in [0.2, 0.25) is 0 Å². The van der Waals surface area contributed by atoms with Gasteiger partial charge >= 0.3 is 0 Å². The second kappa shape index (κ2) is 5.69. The quantitative estimate of drug-likeness (QED) is 0.334. The zero-order valence-corrected chi connectivity index (χ0v) is 7.00. The minimum absolute atomic E-state index is 0.0309. The smallest absolute Gasteiger partial charge is 0.151 e. The number of hydrogen-bond donors (Lipinski definition) is 4. The van der Waals surface area contributed by atoms with Gasteiger partial charge in [0, 0.05) is 1.37 Å². The maximum atomic E-state index is 10.0. The minimum Gasteiger partial charge on any atom is -0.510 e. The molecule has 0 radical (unpaired) electrons. The third-order valence-electron chi connectivity index (χ3n) is 1.47. The fourth-order valence-corrected chi connectivity index (χ4v) is 0.711. The van der Waals surface area contributed by atoms with Gasteiger partial charge in [0.2, 0.25) is 0 Å². The summed E-state index contributed by atoms with van der Waals surface area (Å²) < 4.78 is 6.76. The number of aliphatic hydroxyl groups is 4. The Balaban J connectivity index is 4.29. The molecule has 0 aliphatic rings. The van der Waals surface area contributed by atoms with E-state index in [0.717, 1.165) is 6.08 Å². The molecule has 0 aromatic rings. The van der Waals surface area contributed by atoms with Crippen LogP contribution in [-0.4, -0.2) is 45.0 Å². The number of aliphatic hydroxyl groups excluding tert-OH is 4. The molecular weight excluding hydrogens is 176 g/mol. The molecule has 76 valence electrons. The Hall–Kier alpha value is -0.910. The molecule has 4 N–H and O–H groups in total. The number of allylic oxidation sites excluding steroid dienone is 1. The average Bonchev–Trinajstić information content (AvgIpc) is 2.22. The van der Waals surface area contributed by atoms with Crippen molar-refractivity contribution in [3.05, 3.63) is 11.8 Å². The number of carbonyl (C=O) groups excluding carboxylic acids is 1. The lowest BCUT2D eigenvalue weighted by Gasteiger charge is -2.18. The van der Waals surface area contributed by atoms with Crippen molar-refractivity contribution in [2.24, 2.45) is 0 Å². The molecule has 5 heteroatoms. The van der Waals surface area contributed by atoms with Crippen molar-refractivity contribution >= 4 is 6.29 Å². The van der Waals surface area contributed by atoms with Crippen LogP contribution in [0.1, 0.15) is 14.7 Å². The monoisotopic (exact) mass is 191 g/mol. The highest BCUT2D eigenvalue weighted by Gasteiger charge is 2.26. The Kier molecular flexibility index (Phi) is 4.45. The molecule has 0 aromatic heterocycles. The first-order chi connectivity index (χ1) is 6.54. The Labute approximate surface area is 77.3 Å². The average molecular weight is 191 g/mol. The number of carbonyl (C=O) groups is 1. The van der Waals surface area contributed by atoms with Gasteiger partial charge in [0.05, 0.1) is 0 Å². The second-order valence-electron chi connectivity index (χ2n) is 2.48. The highest BCUT2D eigenvalue weighted by atomic mass is 16.4. The van der Waals surface area contributed by atoms with Crippen molar-refractivity contribution in [2.45, 2.75) is 31.6 Å². The molecule has 0 aliphatic heterocycles. The van der Waals surface area contributed by atoms with E-state index in [1.165, 1.54) is 0 Å². The van der Waals surface area contributed by atoms with Crippen LogP contribution in [0.5, 0.6) is 0 Å². The van der Waals surface area contributed by atoms with Gasteiger partial charge in [-0.25, -0.2) is 0 Å². The van der Waals surface area contributed by atoms with Crippen LogP contribution in [0.15, 0.2) is 11.8 Å². The molecule has 0 rings (SSSR count). The fourth-order valence-electron chi connectivity index (χ4n) is 0.711. The van der Waals surface area contributed by atoms with Gasteiger partial charge in [-0.1, -0.05) is 6.90 Å². The summed E-state index contributed by atoms with van der Waals surface area (Å²) >= 11 is 0. The summed E-state index contributed by atoms with van der Waals surface area (Å²) in [5.74, 6) is -0.550. The predicted octanol–water partition coefficient (Wildman–Crippen LogP) is -0.880. The van der Waals surface area contributed by atoms with Gasteiger partial charge in [0.1, 0.15) is 24.1 Å². The Morgan fingerprint density at radius 1 is 1.54 bits per heavy atom. The normalized spacial score (nSPS) is 20.2. The molecule has 0 heterocycles. The summed E-state index contributed by atoms with van der Waals surface area (Å²) in [6.07, 6.45) is -3.77. The molecular formula is C8H14O5. The van der Waals surface area contributed by atoms with Gasteiger partial charge in [-0.2, -0.15) is 0 Å². The van der Waals surface area contributed by atoms with E-state index in [4.69, 9.17) is 21.8 Å². The van der Waals surface area contributed by atoms with E-state index in [1.807, 2.05) is 0 Å². The SMILES string of the molecule is [2H]CCC=C(O)[C@@H](O)[C@@H](O)[C@H](O)C=O. The summed E-state index contributed by atoms with van der Waals surface area (Å²) in [5, 5.41) is 36.2. The Morgan fingerprint density at radius 3 is 2.62 bits per heavy atom. The molecule has 5 nitrogen and oxygen atoms in total. The molecule has 0 amide bonds. The van der Waals surface area contributed by atoms with Crippen LogP contribution < -0.4 is 0 Å². The van der Waals surface area contributed by atoms with Crippen molar-refractivity contribution in [3.63, 3.8) is 0 Å². The molecule has 0 fully saturated rings. The molecule has 0 saturated carbocycles. The molecule has 3 atom stereocenters. The molecule has 0 saturated heterocycles. The third kappa shape index (κ3) is 3.54. The van der Waals surface area contributed by atoms with Crippen LogP contribution in [0.4, 0.5) is 0 Å². The van der Waals surface area contributed by atoms with E-state index < -0.39 is 24.1 Å². The van der Waals surface area contributed by atoms with Crippen LogP contribution in [0.3, 0.4) is 0 Å². The van der Waals surface area contributed by atoms with Crippen molar-refractivity contribution < 1.29 is 26.6 Å². The zero-order valence-electron chi connectivity index (χ0n) is 8.00. The Morgan fingerprint density at radius 2 is 2.15 bits per heavy atom. The summed E-state index contributed by atoms with van der Waals surface area (Å²) in [5.41, 5.74) is 0. The first-order valence-electron chi connectivity index (χ1n) is 4.43. The van der Waals surface area contributed by atoms with E-state index in [9.17, 15) is 4.79 Å². The summed E-state index contributed by atoms with van der Waals surface area (Å²) in [4.78, 5) is 10.0. The molecule has 0 spiro atoms. The van der Waals surface area contributed by atoms with E-state index in [-0.39, 0.29) is 19.6 Å². The van der Waals surface area contributed by atoms with Crippen molar-refractivity contribution in [1.29, 1.82) is 0 Å². The molecule has 0 unspecified atom stereocenters. The summed E-state index contributed by atoms with van der Waals surface area (Å²) in [7, 11) is 0. The molecule has 13 heavy (non-hydrogen) atoms. The minimum atomic E-state index is -1.76. The lowest BCUT2D eigenvalue weighted by molar-refractivity contribution is -0.125. The van der Waals surface area contributed by atoms with Gasteiger partial charge < -0.3 is 25.2 Å². The van der Waals surface area contributed by atoms with E-state index >= 15 is 0 Å². The second-order valence-corrected chi connectivity index (χ2v) is 2.48. The Bertz CT molecular complexity index is 206. The van der Waals surface area contributed by atoms with Gasteiger partial charge in [0.25, 0.3) is 0 Å². The highest BCUT2D eigenvalue weighted by molar-refractivity contribution is 5.56. The van der Waals surface area contributed by atoms with E-state index in [1.54, 1.807) is 0 Å². The highest BCUT2D eigenvalue weighted by Crippen LogP contribution is 2.07. The van der Waals surface area contributed by atoms with Gasteiger partial charge in [-0.3, -0.25) is 0 Å². The van der Waals surface area contributed by atoms with Gasteiger partial charge in [-0.05, 0) is 12.5 Å². The number of hydrogen-bond acceptors (Lipinski definition) is 5. The standard InChI is InChI=1S/C8H14O5/c1-2-3-5(10)7(12)8(13)6(11)4-9/h3-4,6-8,10-13H,2H2,1H3/t6-,7-,8+/m1/s1/i1D. The van der Waals surface area contributed by atoms with Crippen molar-refractivity contribution in [3.8, 4) is 0 Å².